The van der Waals surface area contributed by atoms with E-state index < -0.39 is 10.0 Å². The Morgan fingerprint density at radius 3 is 2.27 bits per heavy atom. The van der Waals surface area contributed by atoms with Gasteiger partial charge in [0.25, 0.3) is 0 Å². The number of aromatic nitrogens is 2. The molecule has 2 aliphatic heterocycles. The van der Waals surface area contributed by atoms with Gasteiger partial charge in [-0.3, -0.25) is 9.48 Å². The average Bonchev–Trinajstić information content (AvgIpc) is 3.12. The average molecular weight is 478 g/mol. The summed E-state index contributed by atoms with van der Waals surface area (Å²) in [7, 11) is -2.03. The van der Waals surface area contributed by atoms with Gasteiger partial charge in [-0.05, 0) is 38.1 Å². The molecule has 33 heavy (non-hydrogen) atoms. The van der Waals surface area contributed by atoms with Crippen LogP contribution in [0.1, 0.15) is 11.4 Å². The monoisotopic (exact) mass is 477 g/mol. The highest BCUT2D eigenvalue weighted by Gasteiger charge is 2.32. The summed E-state index contributed by atoms with van der Waals surface area (Å²) in [5, 5.41) is 4.39. The molecular formula is C22H31N5O5S. The first-order valence-corrected chi connectivity index (χ1v) is 12.5. The molecule has 0 spiro atoms. The smallest absolute Gasteiger partial charge is 0.246 e. The molecule has 11 heteroatoms. The van der Waals surface area contributed by atoms with E-state index >= 15 is 0 Å². The van der Waals surface area contributed by atoms with Crippen molar-refractivity contribution in [3.05, 3.63) is 35.7 Å². The lowest BCUT2D eigenvalue weighted by Gasteiger charge is -2.36. The van der Waals surface area contributed by atoms with Gasteiger partial charge in [-0.1, -0.05) is 0 Å². The van der Waals surface area contributed by atoms with Crippen LogP contribution < -0.4 is 9.64 Å². The predicted octanol–water partition coefficient (Wildman–Crippen LogP) is 0.878. The summed E-state index contributed by atoms with van der Waals surface area (Å²) in [5.41, 5.74) is 2.00. The Morgan fingerprint density at radius 1 is 1.03 bits per heavy atom. The van der Waals surface area contributed by atoms with Gasteiger partial charge >= 0.3 is 0 Å². The van der Waals surface area contributed by atoms with E-state index in [0.717, 1.165) is 24.5 Å². The van der Waals surface area contributed by atoms with E-state index in [-0.39, 0.29) is 17.3 Å². The molecule has 10 nitrogen and oxygen atoms in total. The molecule has 1 aromatic heterocycles. The molecule has 3 heterocycles. The van der Waals surface area contributed by atoms with Gasteiger partial charge in [0.1, 0.15) is 17.2 Å². The molecule has 0 radical (unpaired) electrons. The first-order valence-electron chi connectivity index (χ1n) is 11.1. The van der Waals surface area contributed by atoms with Gasteiger partial charge in [0.05, 0.1) is 31.7 Å². The number of nitrogens with zero attached hydrogens (tertiary/aromatic N) is 5. The Bertz CT molecular complexity index is 1090. The second-order valence-electron chi connectivity index (χ2n) is 8.24. The Hall–Kier alpha value is -2.63. The largest absolute Gasteiger partial charge is 0.497 e. The van der Waals surface area contributed by atoms with Crippen LogP contribution in [-0.2, 0) is 26.1 Å². The molecule has 1 amide bonds. The SMILES string of the molecule is COc1ccc(N2CCN(C(=O)Cn3nc(C)c(S(=O)(=O)N4CCOCC4)c3C)CC2)cc1. The molecule has 2 fully saturated rings. The Morgan fingerprint density at radius 2 is 1.67 bits per heavy atom. The summed E-state index contributed by atoms with van der Waals surface area (Å²) >= 11 is 0. The van der Waals surface area contributed by atoms with Gasteiger partial charge in [-0.15, -0.1) is 0 Å². The fraction of sp³-hybridized carbons (Fsp3) is 0.545. The van der Waals surface area contributed by atoms with E-state index in [0.29, 0.717) is 50.8 Å². The fourth-order valence-corrected chi connectivity index (χ4v) is 6.14. The van der Waals surface area contributed by atoms with Crippen LogP contribution in [0.4, 0.5) is 5.69 Å². The number of hydrogen-bond donors (Lipinski definition) is 0. The molecule has 0 bridgehead atoms. The van der Waals surface area contributed by atoms with E-state index in [1.165, 1.54) is 8.99 Å². The van der Waals surface area contributed by atoms with Crippen LogP contribution in [0.15, 0.2) is 29.2 Å². The summed E-state index contributed by atoms with van der Waals surface area (Å²) in [6.45, 7) is 7.47. The van der Waals surface area contributed by atoms with Crippen molar-refractivity contribution in [2.45, 2.75) is 25.3 Å². The highest BCUT2D eigenvalue weighted by molar-refractivity contribution is 7.89. The number of carbonyl (C=O) groups is 1. The summed E-state index contributed by atoms with van der Waals surface area (Å²) in [5.74, 6) is 0.748. The van der Waals surface area contributed by atoms with Crippen molar-refractivity contribution in [1.29, 1.82) is 0 Å². The maximum absolute atomic E-state index is 13.1. The summed E-state index contributed by atoms with van der Waals surface area (Å²) in [4.78, 5) is 17.2. The number of hydrogen-bond acceptors (Lipinski definition) is 7. The number of amides is 1. The zero-order valence-corrected chi connectivity index (χ0v) is 20.2. The molecule has 1 aromatic carbocycles. The van der Waals surface area contributed by atoms with Gasteiger partial charge < -0.3 is 19.3 Å². The highest BCUT2D eigenvalue weighted by Crippen LogP contribution is 2.25. The predicted molar refractivity (Wildman–Crippen MR) is 123 cm³/mol. The molecule has 0 unspecified atom stereocenters. The van der Waals surface area contributed by atoms with Crippen molar-refractivity contribution >= 4 is 21.6 Å². The molecule has 2 saturated heterocycles. The lowest BCUT2D eigenvalue weighted by molar-refractivity contribution is -0.132. The molecule has 0 saturated carbocycles. The molecule has 2 aliphatic rings. The fourth-order valence-electron chi connectivity index (χ4n) is 4.36. The lowest BCUT2D eigenvalue weighted by atomic mass is 10.2. The number of methoxy groups -OCH3 is 1. The molecular weight excluding hydrogens is 446 g/mol. The first kappa shape index (κ1) is 23.5. The normalized spacial score (nSPS) is 17.9. The van der Waals surface area contributed by atoms with Crippen LogP contribution in [0.25, 0.3) is 0 Å². The first-order chi connectivity index (χ1) is 15.8. The maximum atomic E-state index is 13.1. The number of piperazine rings is 1. The van der Waals surface area contributed by atoms with Crippen LogP contribution >= 0.6 is 0 Å². The minimum Gasteiger partial charge on any atom is -0.497 e. The quantitative estimate of drug-likeness (QED) is 0.609. The maximum Gasteiger partial charge on any atom is 0.246 e. The molecule has 0 atom stereocenters. The van der Waals surface area contributed by atoms with Crippen molar-refractivity contribution in [3.8, 4) is 5.75 Å². The number of ether oxygens (including phenoxy) is 2. The summed E-state index contributed by atoms with van der Waals surface area (Å²) in [6.07, 6.45) is 0. The summed E-state index contributed by atoms with van der Waals surface area (Å²) in [6, 6.07) is 7.89. The van der Waals surface area contributed by atoms with Crippen molar-refractivity contribution in [2.24, 2.45) is 0 Å². The van der Waals surface area contributed by atoms with Crippen molar-refractivity contribution in [3.63, 3.8) is 0 Å². The van der Waals surface area contributed by atoms with Crippen LogP contribution in [0.3, 0.4) is 0 Å². The topological polar surface area (TPSA) is 97.2 Å². The lowest BCUT2D eigenvalue weighted by Crippen LogP contribution is -2.49. The van der Waals surface area contributed by atoms with Gasteiger partial charge in [0.2, 0.25) is 15.9 Å². The third kappa shape index (κ3) is 4.85. The number of carbonyl (C=O) groups excluding carboxylic acids is 1. The van der Waals surface area contributed by atoms with Crippen LogP contribution in [-0.4, -0.2) is 92.9 Å². The Kier molecular flexibility index (Phi) is 6.91. The zero-order chi connectivity index (χ0) is 23.6. The Labute approximate surface area is 194 Å². The van der Waals surface area contributed by atoms with E-state index in [1.807, 2.05) is 29.2 Å². The van der Waals surface area contributed by atoms with Crippen LogP contribution in [0.2, 0.25) is 0 Å². The van der Waals surface area contributed by atoms with Gasteiger partial charge in [0, 0.05) is 45.0 Å². The Balaban J connectivity index is 1.40. The molecule has 2 aromatic rings. The van der Waals surface area contributed by atoms with Gasteiger partial charge in [0.15, 0.2) is 0 Å². The standard InChI is InChI=1S/C22H31N5O5S/c1-17-22(33(29,30)26-12-14-32-15-13-26)18(2)27(23-17)16-21(28)25-10-8-24(9-11-25)19-4-6-20(31-3)7-5-19/h4-7H,8-16H2,1-3H3. The van der Waals surface area contributed by atoms with E-state index in [9.17, 15) is 13.2 Å². The highest BCUT2D eigenvalue weighted by atomic mass is 32.2. The van der Waals surface area contributed by atoms with E-state index in [1.54, 1.807) is 21.0 Å². The molecule has 0 aliphatic carbocycles. The van der Waals surface area contributed by atoms with Crippen LogP contribution in [0.5, 0.6) is 5.75 Å². The van der Waals surface area contributed by atoms with Gasteiger partial charge in [-0.25, -0.2) is 8.42 Å². The molecule has 4 rings (SSSR count). The van der Waals surface area contributed by atoms with Gasteiger partial charge in [-0.2, -0.15) is 9.40 Å². The third-order valence-corrected chi connectivity index (χ3v) is 8.39. The molecule has 0 N–H and O–H groups in total. The third-order valence-electron chi connectivity index (χ3n) is 6.24. The van der Waals surface area contributed by atoms with Crippen molar-refractivity contribution < 1.29 is 22.7 Å². The van der Waals surface area contributed by atoms with Crippen LogP contribution in [0, 0.1) is 13.8 Å². The summed E-state index contributed by atoms with van der Waals surface area (Å²) < 4.78 is 39.7. The number of aryl methyl sites for hydroxylation is 1. The second-order valence-corrected chi connectivity index (χ2v) is 10.1. The molecule has 180 valence electrons. The zero-order valence-electron chi connectivity index (χ0n) is 19.4. The number of benzene rings is 1. The minimum atomic E-state index is -3.68. The number of rotatable bonds is 6. The minimum absolute atomic E-state index is 0.0217. The number of anilines is 1. The second kappa shape index (κ2) is 9.70. The number of morpholine rings is 1. The number of sulfonamides is 1. The van der Waals surface area contributed by atoms with E-state index in [2.05, 4.69) is 10.00 Å². The van der Waals surface area contributed by atoms with E-state index in [4.69, 9.17) is 9.47 Å². The van der Waals surface area contributed by atoms with Crippen molar-refractivity contribution in [2.75, 3.05) is 64.5 Å². The van der Waals surface area contributed by atoms with Crippen molar-refractivity contribution in [1.82, 2.24) is 19.0 Å².